The molecule has 102 valence electrons. The summed E-state index contributed by atoms with van der Waals surface area (Å²) in [7, 11) is 0. The Morgan fingerprint density at radius 3 is 2.90 bits per heavy atom. The van der Waals surface area contributed by atoms with Crippen molar-refractivity contribution < 1.29 is 0 Å². The average molecular weight is 349 g/mol. The van der Waals surface area contributed by atoms with E-state index in [1.54, 1.807) is 23.7 Å². The summed E-state index contributed by atoms with van der Waals surface area (Å²) in [6, 6.07) is 6.02. The molecule has 20 heavy (non-hydrogen) atoms. The Morgan fingerprint density at radius 2 is 2.20 bits per heavy atom. The average Bonchev–Trinajstić information content (AvgIpc) is 3.06. The fourth-order valence-corrected chi connectivity index (χ4v) is 3.39. The van der Waals surface area contributed by atoms with E-state index < -0.39 is 0 Å². The molecule has 3 heterocycles. The molecule has 0 aliphatic carbocycles. The number of hydrogen-bond donors (Lipinski definition) is 1. The van der Waals surface area contributed by atoms with Crippen LogP contribution < -0.4 is 5.32 Å². The minimum Gasteiger partial charge on any atom is -0.377 e. The summed E-state index contributed by atoms with van der Waals surface area (Å²) in [6.07, 6.45) is 5.49. The summed E-state index contributed by atoms with van der Waals surface area (Å²) in [6.45, 7) is 2.74. The van der Waals surface area contributed by atoms with Crippen molar-refractivity contribution in [1.82, 2.24) is 14.5 Å². The summed E-state index contributed by atoms with van der Waals surface area (Å²) in [4.78, 5) is 9.97. The van der Waals surface area contributed by atoms with Gasteiger partial charge in [0.25, 0.3) is 0 Å². The highest BCUT2D eigenvalue weighted by molar-refractivity contribution is 9.10. The molecule has 0 saturated carbocycles. The van der Waals surface area contributed by atoms with Crippen molar-refractivity contribution in [2.75, 3.05) is 5.32 Å². The normalized spacial score (nSPS) is 10.7. The van der Waals surface area contributed by atoms with Gasteiger partial charge in [-0.25, -0.2) is 9.97 Å². The fourth-order valence-electron chi connectivity index (χ4n) is 1.96. The number of aromatic nitrogens is 3. The maximum absolute atomic E-state index is 4.46. The molecule has 0 saturated heterocycles. The lowest BCUT2D eigenvalue weighted by molar-refractivity contribution is 0.929. The highest BCUT2D eigenvalue weighted by Gasteiger charge is 2.08. The van der Waals surface area contributed by atoms with Gasteiger partial charge in [0.2, 0.25) is 0 Å². The van der Waals surface area contributed by atoms with Crippen LogP contribution in [0, 0.1) is 6.92 Å². The number of anilines is 1. The van der Waals surface area contributed by atoms with Crippen LogP contribution in [0.1, 0.15) is 10.7 Å². The lowest BCUT2D eigenvalue weighted by atomic mass is 10.3. The number of pyridine rings is 1. The molecule has 0 fully saturated rings. The Bertz CT molecular complexity index is 719. The number of nitrogens with zero attached hydrogens (tertiary/aromatic N) is 3. The summed E-state index contributed by atoms with van der Waals surface area (Å²) in [5.74, 6) is 1.79. The number of aryl methyl sites for hydroxylation is 1. The van der Waals surface area contributed by atoms with Gasteiger partial charge >= 0.3 is 0 Å². The highest BCUT2D eigenvalue weighted by atomic mass is 79.9. The first-order chi connectivity index (χ1) is 9.75. The predicted octanol–water partition coefficient (Wildman–Crippen LogP) is 4.01. The largest absolute Gasteiger partial charge is 0.377 e. The van der Waals surface area contributed by atoms with Crippen LogP contribution in [-0.4, -0.2) is 14.5 Å². The second kappa shape index (κ2) is 5.76. The quantitative estimate of drug-likeness (QED) is 0.774. The van der Waals surface area contributed by atoms with Gasteiger partial charge in [-0.05, 0) is 46.4 Å². The van der Waals surface area contributed by atoms with Gasteiger partial charge in [0, 0.05) is 27.9 Å². The maximum Gasteiger partial charge on any atom is 0.161 e. The monoisotopic (exact) mass is 348 g/mol. The summed E-state index contributed by atoms with van der Waals surface area (Å²) in [5, 5.41) is 5.52. The van der Waals surface area contributed by atoms with Gasteiger partial charge in [0.05, 0.1) is 12.2 Å². The van der Waals surface area contributed by atoms with Crippen molar-refractivity contribution in [2.45, 2.75) is 13.5 Å². The molecule has 0 spiro atoms. The first-order valence-electron chi connectivity index (χ1n) is 6.17. The van der Waals surface area contributed by atoms with E-state index >= 15 is 0 Å². The lowest BCUT2D eigenvalue weighted by Crippen LogP contribution is -2.06. The van der Waals surface area contributed by atoms with Gasteiger partial charge in [-0.3, -0.25) is 4.57 Å². The van der Waals surface area contributed by atoms with Gasteiger partial charge in [0.15, 0.2) is 5.82 Å². The van der Waals surface area contributed by atoms with Gasteiger partial charge in [0.1, 0.15) is 5.82 Å². The standard InChI is InChI=1S/C14H13BrN4S/c1-10-16-6-7-19(10)14-12(3-2-5-17-14)18-9-13-11(15)4-8-20-13/h2-8,18H,9H2,1H3. The van der Waals surface area contributed by atoms with Crippen LogP contribution in [-0.2, 0) is 6.54 Å². The molecule has 0 aromatic carbocycles. The summed E-state index contributed by atoms with van der Waals surface area (Å²) >= 11 is 5.27. The minimum absolute atomic E-state index is 0.769. The molecular weight excluding hydrogens is 336 g/mol. The smallest absolute Gasteiger partial charge is 0.161 e. The zero-order valence-electron chi connectivity index (χ0n) is 10.9. The van der Waals surface area contributed by atoms with Gasteiger partial charge in [-0.1, -0.05) is 0 Å². The van der Waals surface area contributed by atoms with Crippen LogP contribution in [0.4, 0.5) is 5.69 Å². The second-order valence-electron chi connectivity index (χ2n) is 4.26. The van der Waals surface area contributed by atoms with Crippen LogP contribution in [0.2, 0.25) is 0 Å². The first kappa shape index (κ1) is 13.3. The zero-order chi connectivity index (χ0) is 13.9. The Morgan fingerprint density at radius 1 is 1.30 bits per heavy atom. The van der Waals surface area contributed by atoms with Crippen molar-refractivity contribution in [3.05, 3.63) is 57.3 Å². The molecule has 0 amide bonds. The van der Waals surface area contributed by atoms with E-state index in [2.05, 4.69) is 42.7 Å². The maximum atomic E-state index is 4.46. The number of halogens is 1. The van der Waals surface area contributed by atoms with Crippen molar-refractivity contribution in [1.29, 1.82) is 0 Å². The van der Waals surface area contributed by atoms with Crippen LogP contribution in [0.15, 0.2) is 46.6 Å². The molecule has 0 radical (unpaired) electrons. The summed E-state index contributed by atoms with van der Waals surface area (Å²) in [5.41, 5.74) is 0.994. The van der Waals surface area contributed by atoms with E-state index in [1.807, 2.05) is 29.8 Å². The van der Waals surface area contributed by atoms with E-state index in [9.17, 15) is 0 Å². The van der Waals surface area contributed by atoms with Crippen molar-refractivity contribution in [3.8, 4) is 5.82 Å². The predicted molar refractivity (Wildman–Crippen MR) is 85.4 cm³/mol. The molecule has 0 bridgehead atoms. The molecule has 6 heteroatoms. The highest BCUT2D eigenvalue weighted by Crippen LogP contribution is 2.25. The molecular formula is C14H13BrN4S. The van der Waals surface area contributed by atoms with E-state index in [4.69, 9.17) is 0 Å². The second-order valence-corrected chi connectivity index (χ2v) is 6.12. The van der Waals surface area contributed by atoms with Crippen LogP contribution in [0.3, 0.4) is 0 Å². The third kappa shape index (κ3) is 2.62. The van der Waals surface area contributed by atoms with E-state index in [-0.39, 0.29) is 0 Å². The molecule has 0 unspecified atom stereocenters. The molecule has 0 aliphatic rings. The van der Waals surface area contributed by atoms with Crippen molar-refractivity contribution in [2.24, 2.45) is 0 Å². The van der Waals surface area contributed by atoms with Gasteiger partial charge < -0.3 is 5.32 Å². The number of imidazole rings is 1. The molecule has 4 nitrogen and oxygen atoms in total. The van der Waals surface area contributed by atoms with Crippen molar-refractivity contribution >= 4 is 33.0 Å². The van der Waals surface area contributed by atoms with Gasteiger partial charge in [-0.15, -0.1) is 11.3 Å². The van der Waals surface area contributed by atoms with Crippen LogP contribution >= 0.6 is 27.3 Å². The third-order valence-electron chi connectivity index (χ3n) is 2.97. The molecule has 3 aromatic rings. The first-order valence-corrected chi connectivity index (χ1v) is 7.84. The minimum atomic E-state index is 0.769. The Kier molecular flexibility index (Phi) is 3.84. The van der Waals surface area contributed by atoms with Crippen LogP contribution in [0.5, 0.6) is 0 Å². The lowest BCUT2D eigenvalue weighted by Gasteiger charge is -2.12. The Balaban J connectivity index is 1.87. The Hall–Kier alpha value is -1.66. The Labute approximate surface area is 129 Å². The number of hydrogen-bond acceptors (Lipinski definition) is 4. The third-order valence-corrected chi connectivity index (χ3v) is 4.90. The SMILES string of the molecule is Cc1nccn1-c1ncccc1NCc1sccc1Br. The van der Waals surface area contributed by atoms with E-state index in [0.717, 1.165) is 28.3 Å². The molecule has 0 aliphatic heterocycles. The number of rotatable bonds is 4. The van der Waals surface area contributed by atoms with Gasteiger partial charge in [-0.2, -0.15) is 0 Å². The number of nitrogens with one attached hydrogen (secondary N) is 1. The van der Waals surface area contributed by atoms with Crippen molar-refractivity contribution in [3.63, 3.8) is 0 Å². The number of thiophene rings is 1. The fraction of sp³-hybridized carbons (Fsp3) is 0.143. The molecule has 0 atom stereocenters. The van der Waals surface area contributed by atoms with E-state index in [0.29, 0.717) is 0 Å². The zero-order valence-corrected chi connectivity index (χ0v) is 13.3. The molecule has 3 rings (SSSR count). The molecule has 1 N–H and O–H groups in total. The topological polar surface area (TPSA) is 42.7 Å². The molecule has 3 aromatic heterocycles. The van der Waals surface area contributed by atoms with Crippen LogP contribution in [0.25, 0.3) is 5.82 Å². The van der Waals surface area contributed by atoms with E-state index in [1.165, 1.54) is 4.88 Å². The summed E-state index contributed by atoms with van der Waals surface area (Å²) < 4.78 is 3.12.